The minimum atomic E-state index is -0.665. The second-order valence-corrected chi connectivity index (χ2v) is 7.02. The molecule has 0 saturated carbocycles. The second kappa shape index (κ2) is 6.69. The number of carboxylic acid groups (broad SMARTS) is 1. The largest absolute Gasteiger partial charge is 0.494 e. The Kier molecular flexibility index (Phi) is 4.78. The molecule has 2 aliphatic rings. The molecule has 0 amide bonds. The van der Waals surface area contributed by atoms with Crippen molar-refractivity contribution in [1.82, 2.24) is 9.80 Å². The third-order valence-corrected chi connectivity index (χ3v) is 5.66. The van der Waals surface area contributed by atoms with Crippen LogP contribution in [0.15, 0.2) is 18.2 Å². The van der Waals surface area contributed by atoms with Crippen molar-refractivity contribution < 1.29 is 19.0 Å². The van der Waals surface area contributed by atoms with E-state index in [4.69, 9.17) is 4.74 Å². The molecule has 2 heterocycles. The number of hydrogen-bond donors (Lipinski definition) is 1. The highest BCUT2D eigenvalue weighted by atomic mass is 19.1. The van der Waals surface area contributed by atoms with Gasteiger partial charge in [-0.15, -0.1) is 0 Å². The molecule has 0 bridgehead atoms. The van der Waals surface area contributed by atoms with Gasteiger partial charge in [0.25, 0.3) is 0 Å². The van der Waals surface area contributed by atoms with Crippen LogP contribution in [0.1, 0.15) is 24.8 Å². The Balaban J connectivity index is 1.75. The highest BCUT2D eigenvalue weighted by molar-refractivity contribution is 5.76. The first kappa shape index (κ1) is 17.2. The molecule has 1 N–H and O–H groups in total. The molecule has 1 aromatic rings. The fourth-order valence-electron chi connectivity index (χ4n) is 4.25. The van der Waals surface area contributed by atoms with E-state index in [9.17, 15) is 14.3 Å². The molecule has 0 aliphatic carbocycles. The first-order valence-electron chi connectivity index (χ1n) is 8.45. The molecule has 1 aromatic carbocycles. The molecule has 0 unspecified atom stereocenters. The van der Waals surface area contributed by atoms with Crippen molar-refractivity contribution in [1.29, 1.82) is 0 Å². The van der Waals surface area contributed by atoms with E-state index in [-0.39, 0.29) is 17.6 Å². The molecule has 2 aliphatic heterocycles. The predicted molar refractivity (Wildman–Crippen MR) is 88.6 cm³/mol. The van der Waals surface area contributed by atoms with Gasteiger partial charge in [0, 0.05) is 19.1 Å². The molecule has 132 valence electrons. The lowest BCUT2D eigenvalue weighted by Gasteiger charge is -2.51. The molecule has 24 heavy (non-hydrogen) atoms. The lowest BCUT2D eigenvalue weighted by Crippen LogP contribution is -2.62. The number of rotatable bonds is 4. The molecule has 0 aromatic heterocycles. The lowest BCUT2D eigenvalue weighted by molar-refractivity contribution is -0.162. The number of piperidine rings is 2. The molecule has 6 heteroatoms. The van der Waals surface area contributed by atoms with Crippen molar-refractivity contribution in [3.63, 3.8) is 0 Å². The summed E-state index contributed by atoms with van der Waals surface area (Å²) in [6, 6.07) is 4.94. The van der Waals surface area contributed by atoms with E-state index in [1.165, 1.54) is 13.2 Å². The summed E-state index contributed by atoms with van der Waals surface area (Å²) in [5.41, 5.74) is 0.360. The van der Waals surface area contributed by atoms with Gasteiger partial charge in [-0.3, -0.25) is 9.69 Å². The number of hydrogen-bond acceptors (Lipinski definition) is 4. The molecule has 5 nitrogen and oxygen atoms in total. The summed E-state index contributed by atoms with van der Waals surface area (Å²) in [5, 5.41) is 9.81. The summed E-state index contributed by atoms with van der Waals surface area (Å²) < 4.78 is 18.6. The van der Waals surface area contributed by atoms with Gasteiger partial charge in [0.2, 0.25) is 0 Å². The average Bonchev–Trinajstić information content (AvgIpc) is 2.57. The third-order valence-electron chi connectivity index (χ3n) is 5.66. The Labute approximate surface area is 142 Å². The molecule has 0 spiro atoms. The van der Waals surface area contributed by atoms with Crippen molar-refractivity contribution in [2.24, 2.45) is 5.41 Å². The summed E-state index contributed by atoms with van der Waals surface area (Å²) in [5.74, 6) is -0.780. The number of carbonyl (C=O) groups is 1. The minimum Gasteiger partial charge on any atom is -0.494 e. The van der Waals surface area contributed by atoms with Gasteiger partial charge in [-0.25, -0.2) is 4.39 Å². The third kappa shape index (κ3) is 3.00. The van der Waals surface area contributed by atoms with Gasteiger partial charge in [-0.05, 0) is 57.1 Å². The standard InChI is InChI=1S/C18H25FN2O3/c1-20-8-3-6-18(17(22)23)7-9-21(12-16(18)20)11-13-4-5-14(19)15(10-13)24-2/h4-5,10,16H,3,6-9,11-12H2,1-2H3,(H,22,23)/t16-,18+/m1/s1. The normalized spacial score (nSPS) is 28.4. The maximum Gasteiger partial charge on any atom is 0.311 e. The Morgan fingerprint density at radius 2 is 2.21 bits per heavy atom. The maximum atomic E-state index is 13.5. The predicted octanol–water partition coefficient (Wildman–Crippen LogP) is 2.21. The lowest BCUT2D eigenvalue weighted by atomic mass is 9.68. The summed E-state index contributed by atoms with van der Waals surface area (Å²) in [4.78, 5) is 16.4. The number of methoxy groups -OCH3 is 1. The van der Waals surface area contributed by atoms with Crippen LogP contribution in [0, 0.1) is 11.2 Å². The Morgan fingerprint density at radius 1 is 1.42 bits per heavy atom. The van der Waals surface area contributed by atoms with Crippen LogP contribution in [0.4, 0.5) is 4.39 Å². The highest BCUT2D eigenvalue weighted by Crippen LogP contribution is 2.42. The Bertz CT molecular complexity index is 624. The van der Waals surface area contributed by atoms with E-state index >= 15 is 0 Å². The molecule has 3 rings (SSSR count). The van der Waals surface area contributed by atoms with Crippen molar-refractivity contribution in [2.45, 2.75) is 31.8 Å². The van der Waals surface area contributed by atoms with Crippen LogP contribution in [-0.4, -0.2) is 60.7 Å². The van der Waals surface area contributed by atoms with E-state index in [2.05, 4.69) is 9.80 Å². The number of benzene rings is 1. The molecule has 2 fully saturated rings. The van der Waals surface area contributed by atoms with Gasteiger partial charge in [-0.2, -0.15) is 0 Å². The number of likely N-dealkylation sites (N-methyl/N-ethyl adjacent to an activating group) is 1. The van der Waals surface area contributed by atoms with Crippen LogP contribution in [0.3, 0.4) is 0 Å². The van der Waals surface area contributed by atoms with E-state index < -0.39 is 11.4 Å². The van der Waals surface area contributed by atoms with Crippen LogP contribution in [0.25, 0.3) is 0 Å². The van der Waals surface area contributed by atoms with Crippen molar-refractivity contribution >= 4 is 5.97 Å². The van der Waals surface area contributed by atoms with Crippen LogP contribution >= 0.6 is 0 Å². The number of halogens is 1. The summed E-state index contributed by atoms with van der Waals surface area (Å²) in [6.45, 7) is 3.09. The van der Waals surface area contributed by atoms with Crippen LogP contribution in [0.5, 0.6) is 5.75 Å². The summed E-state index contributed by atoms with van der Waals surface area (Å²) >= 11 is 0. The van der Waals surface area contributed by atoms with E-state index in [0.29, 0.717) is 13.0 Å². The van der Waals surface area contributed by atoms with E-state index in [1.807, 2.05) is 7.05 Å². The van der Waals surface area contributed by atoms with Crippen LogP contribution in [0.2, 0.25) is 0 Å². The van der Waals surface area contributed by atoms with Gasteiger partial charge in [0.05, 0.1) is 12.5 Å². The summed E-state index contributed by atoms with van der Waals surface area (Å²) in [7, 11) is 3.48. The topological polar surface area (TPSA) is 53.0 Å². The number of ether oxygens (including phenoxy) is 1. The van der Waals surface area contributed by atoms with Crippen molar-refractivity contribution in [2.75, 3.05) is 33.8 Å². The van der Waals surface area contributed by atoms with Gasteiger partial charge < -0.3 is 14.7 Å². The number of aliphatic carboxylic acids is 1. The number of likely N-dealkylation sites (tertiary alicyclic amines) is 2. The fraction of sp³-hybridized carbons (Fsp3) is 0.611. The molecule has 2 saturated heterocycles. The first-order valence-corrected chi connectivity index (χ1v) is 8.45. The zero-order valence-electron chi connectivity index (χ0n) is 14.3. The van der Waals surface area contributed by atoms with Gasteiger partial charge in [0.15, 0.2) is 11.6 Å². The quantitative estimate of drug-likeness (QED) is 0.914. The zero-order valence-corrected chi connectivity index (χ0v) is 14.3. The van der Waals surface area contributed by atoms with Crippen LogP contribution < -0.4 is 4.74 Å². The molecular formula is C18H25FN2O3. The smallest absolute Gasteiger partial charge is 0.311 e. The molecule has 2 atom stereocenters. The molecular weight excluding hydrogens is 311 g/mol. The summed E-state index contributed by atoms with van der Waals surface area (Å²) in [6.07, 6.45) is 2.36. The fourth-order valence-corrected chi connectivity index (χ4v) is 4.25. The maximum absolute atomic E-state index is 13.5. The van der Waals surface area contributed by atoms with Gasteiger partial charge in [0.1, 0.15) is 0 Å². The van der Waals surface area contributed by atoms with Gasteiger partial charge >= 0.3 is 5.97 Å². The SMILES string of the molecule is COc1cc(CN2CC[C@@]3(C(=O)O)CCCN(C)[C@@H]3C2)ccc1F. The minimum absolute atomic E-state index is 0.0276. The number of carboxylic acids is 1. The Hall–Kier alpha value is -1.66. The van der Waals surface area contributed by atoms with Crippen molar-refractivity contribution in [3.8, 4) is 5.75 Å². The average molecular weight is 336 g/mol. The zero-order chi connectivity index (χ0) is 17.3. The Morgan fingerprint density at radius 3 is 2.92 bits per heavy atom. The second-order valence-electron chi connectivity index (χ2n) is 7.02. The van der Waals surface area contributed by atoms with Crippen LogP contribution in [-0.2, 0) is 11.3 Å². The highest BCUT2D eigenvalue weighted by Gasteiger charge is 2.52. The van der Waals surface area contributed by atoms with Gasteiger partial charge in [-0.1, -0.05) is 6.07 Å². The monoisotopic (exact) mass is 336 g/mol. The number of fused-ring (bicyclic) bond motifs is 1. The number of nitrogens with zero attached hydrogens (tertiary/aromatic N) is 2. The molecule has 0 radical (unpaired) electrons. The van der Waals surface area contributed by atoms with E-state index in [1.54, 1.807) is 12.1 Å². The first-order chi connectivity index (χ1) is 11.5. The van der Waals surface area contributed by atoms with Crippen molar-refractivity contribution in [3.05, 3.63) is 29.6 Å². The van der Waals surface area contributed by atoms with E-state index in [0.717, 1.165) is 38.0 Å².